The Morgan fingerprint density at radius 2 is 1.45 bits per heavy atom. The van der Waals surface area contributed by atoms with Crippen molar-refractivity contribution in [3.8, 4) is 28.4 Å². The Hall–Kier alpha value is -3.73. The van der Waals surface area contributed by atoms with Crippen LogP contribution in [0.1, 0.15) is 11.4 Å². The lowest BCUT2D eigenvalue weighted by Crippen LogP contribution is -2.00. The number of pyridine rings is 1. The summed E-state index contributed by atoms with van der Waals surface area (Å²) in [5, 5.41) is 0. The molecule has 5 aromatic rings. The lowest BCUT2D eigenvalue weighted by Gasteiger charge is -2.10. The summed E-state index contributed by atoms with van der Waals surface area (Å²) in [4.78, 5) is 14.3. The summed E-state index contributed by atoms with van der Waals surface area (Å²) in [5.41, 5.74) is 7.76. The standard InChI is InChI=1S/C24H20N4O/c1-15-22-16(2)26-23(28(22)24-20(25-15)12-13-21(27-24)29-3)19-11-7-10-18(14-19)17-8-5-4-6-9-17/h4-14H,1-3H3. The molecule has 0 atom stereocenters. The molecule has 29 heavy (non-hydrogen) atoms. The maximum Gasteiger partial charge on any atom is 0.215 e. The highest BCUT2D eigenvalue weighted by Gasteiger charge is 2.17. The van der Waals surface area contributed by atoms with Crippen LogP contribution in [0.5, 0.6) is 5.88 Å². The van der Waals surface area contributed by atoms with Gasteiger partial charge in [-0.2, -0.15) is 4.98 Å². The molecule has 0 amide bonds. The van der Waals surface area contributed by atoms with E-state index in [0.29, 0.717) is 5.88 Å². The molecule has 0 bridgehead atoms. The van der Waals surface area contributed by atoms with Crippen LogP contribution in [-0.4, -0.2) is 26.5 Å². The Morgan fingerprint density at radius 1 is 0.724 bits per heavy atom. The maximum absolute atomic E-state index is 5.36. The minimum Gasteiger partial charge on any atom is -0.481 e. The lowest BCUT2D eigenvalue weighted by atomic mass is 10.0. The molecule has 0 saturated heterocycles. The highest BCUT2D eigenvalue weighted by Crippen LogP contribution is 2.30. The Kier molecular flexibility index (Phi) is 4.02. The second kappa shape index (κ2) is 6.71. The van der Waals surface area contributed by atoms with Crippen LogP contribution >= 0.6 is 0 Å². The monoisotopic (exact) mass is 380 g/mol. The molecule has 0 unspecified atom stereocenters. The quantitative estimate of drug-likeness (QED) is 0.430. The first-order valence-electron chi connectivity index (χ1n) is 9.52. The van der Waals surface area contributed by atoms with Crippen molar-refractivity contribution in [1.82, 2.24) is 19.4 Å². The number of hydrogen-bond acceptors (Lipinski definition) is 4. The molecular formula is C24H20N4O. The highest BCUT2D eigenvalue weighted by atomic mass is 16.5. The van der Waals surface area contributed by atoms with Crippen molar-refractivity contribution >= 4 is 16.7 Å². The molecule has 0 saturated carbocycles. The molecule has 3 heterocycles. The smallest absolute Gasteiger partial charge is 0.215 e. The van der Waals surface area contributed by atoms with Gasteiger partial charge in [-0.1, -0.05) is 48.5 Å². The van der Waals surface area contributed by atoms with Crippen molar-refractivity contribution in [1.29, 1.82) is 0 Å². The number of aryl methyl sites for hydroxylation is 2. The topological polar surface area (TPSA) is 52.3 Å². The summed E-state index contributed by atoms with van der Waals surface area (Å²) in [6.07, 6.45) is 0. The zero-order chi connectivity index (χ0) is 20.0. The van der Waals surface area contributed by atoms with Crippen LogP contribution in [0.15, 0.2) is 66.7 Å². The number of aromatic nitrogens is 4. The number of benzene rings is 2. The van der Waals surface area contributed by atoms with Crippen molar-refractivity contribution in [2.24, 2.45) is 0 Å². The van der Waals surface area contributed by atoms with Gasteiger partial charge < -0.3 is 4.74 Å². The number of nitrogens with zero attached hydrogens (tertiary/aromatic N) is 4. The summed E-state index contributed by atoms with van der Waals surface area (Å²) in [7, 11) is 1.62. The molecule has 2 aromatic carbocycles. The van der Waals surface area contributed by atoms with Crippen molar-refractivity contribution in [3.05, 3.63) is 78.1 Å². The largest absolute Gasteiger partial charge is 0.481 e. The summed E-state index contributed by atoms with van der Waals surface area (Å²) >= 11 is 0. The first-order chi connectivity index (χ1) is 14.2. The summed E-state index contributed by atoms with van der Waals surface area (Å²) in [6, 6.07) is 22.6. The van der Waals surface area contributed by atoms with Gasteiger partial charge in [0, 0.05) is 11.6 Å². The highest BCUT2D eigenvalue weighted by molar-refractivity contribution is 5.82. The molecule has 0 radical (unpaired) electrons. The van der Waals surface area contributed by atoms with Crippen molar-refractivity contribution in [2.75, 3.05) is 7.11 Å². The number of rotatable bonds is 3. The molecule has 5 nitrogen and oxygen atoms in total. The minimum absolute atomic E-state index is 0.555. The molecule has 0 N–H and O–H groups in total. The van der Waals surface area contributed by atoms with Crippen molar-refractivity contribution in [3.63, 3.8) is 0 Å². The summed E-state index contributed by atoms with van der Waals surface area (Å²) in [5.74, 6) is 1.41. The molecule has 0 fully saturated rings. The average Bonchev–Trinajstić information content (AvgIpc) is 3.12. The Labute approximate surface area is 168 Å². The van der Waals surface area contributed by atoms with Gasteiger partial charge in [0.25, 0.3) is 0 Å². The van der Waals surface area contributed by atoms with Crippen molar-refractivity contribution < 1.29 is 4.74 Å². The predicted molar refractivity (Wildman–Crippen MR) is 115 cm³/mol. The lowest BCUT2D eigenvalue weighted by molar-refractivity contribution is 0.399. The third-order valence-electron chi connectivity index (χ3n) is 5.16. The molecule has 5 heteroatoms. The van der Waals surface area contributed by atoms with Gasteiger partial charge in [-0.3, -0.25) is 4.40 Å². The molecular weight excluding hydrogens is 360 g/mol. The van der Waals surface area contributed by atoms with E-state index in [1.165, 1.54) is 5.56 Å². The normalized spacial score (nSPS) is 11.3. The van der Waals surface area contributed by atoms with E-state index < -0.39 is 0 Å². The number of ether oxygens (including phenoxy) is 1. The van der Waals surface area contributed by atoms with Gasteiger partial charge >= 0.3 is 0 Å². The molecule has 0 aliphatic carbocycles. The Balaban J connectivity index is 1.82. The van der Waals surface area contributed by atoms with E-state index in [2.05, 4.69) is 57.9 Å². The maximum atomic E-state index is 5.36. The van der Waals surface area contributed by atoms with E-state index in [1.807, 2.05) is 32.0 Å². The number of hydrogen-bond donors (Lipinski definition) is 0. The van der Waals surface area contributed by atoms with Gasteiger partial charge in [-0.15, -0.1) is 0 Å². The van der Waals surface area contributed by atoms with Crippen LogP contribution in [0, 0.1) is 13.8 Å². The Morgan fingerprint density at radius 3 is 2.24 bits per heavy atom. The van der Waals surface area contributed by atoms with E-state index in [1.54, 1.807) is 7.11 Å². The van der Waals surface area contributed by atoms with Crippen molar-refractivity contribution in [2.45, 2.75) is 13.8 Å². The van der Waals surface area contributed by atoms with E-state index in [9.17, 15) is 0 Å². The van der Waals surface area contributed by atoms with E-state index >= 15 is 0 Å². The molecule has 0 aliphatic rings. The Bertz CT molecular complexity index is 1360. The van der Waals surface area contributed by atoms with Crippen LogP contribution in [0.25, 0.3) is 39.2 Å². The van der Waals surface area contributed by atoms with Crippen LogP contribution in [-0.2, 0) is 0 Å². The van der Waals surface area contributed by atoms with Crippen LogP contribution in [0.2, 0.25) is 0 Å². The van der Waals surface area contributed by atoms with E-state index in [-0.39, 0.29) is 0 Å². The second-order valence-electron chi connectivity index (χ2n) is 7.05. The first-order valence-corrected chi connectivity index (χ1v) is 9.52. The third kappa shape index (κ3) is 2.83. The fourth-order valence-electron chi connectivity index (χ4n) is 3.84. The predicted octanol–water partition coefficient (Wildman–Crippen LogP) is 5.24. The van der Waals surface area contributed by atoms with Crippen LogP contribution in [0.4, 0.5) is 0 Å². The molecule has 5 rings (SSSR count). The fourth-order valence-corrected chi connectivity index (χ4v) is 3.84. The fraction of sp³-hybridized carbons (Fsp3) is 0.125. The van der Waals surface area contributed by atoms with Gasteiger partial charge in [0.1, 0.15) is 11.3 Å². The molecule has 142 valence electrons. The van der Waals surface area contributed by atoms with Crippen LogP contribution < -0.4 is 4.74 Å². The van der Waals surface area contributed by atoms with Gasteiger partial charge in [-0.05, 0) is 37.1 Å². The van der Waals surface area contributed by atoms with Gasteiger partial charge in [0.2, 0.25) is 5.88 Å². The van der Waals surface area contributed by atoms with E-state index in [4.69, 9.17) is 14.7 Å². The van der Waals surface area contributed by atoms with Gasteiger partial charge in [0.05, 0.1) is 24.0 Å². The summed E-state index contributed by atoms with van der Waals surface area (Å²) < 4.78 is 7.46. The zero-order valence-corrected chi connectivity index (χ0v) is 16.5. The van der Waals surface area contributed by atoms with Gasteiger partial charge in [-0.25, -0.2) is 9.97 Å². The molecule has 0 aliphatic heterocycles. The minimum atomic E-state index is 0.555. The average molecular weight is 380 g/mol. The SMILES string of the molecule is COc1ccc2nc(C)c3c(C)nc(-c4cccc(-c5ccccc5)c4)n3c2n1. The van der Waals surface area contributed by atoms with Gasteiger partial charge in [0.15, 0.2) is 5.65 Å². The molecule has 3 aromatic heterocycles. The third-order valence-corrected chi connectivity index (χ3v) is 5.16. The number of fused-ring (bicyclic) bond motifs is 3. The summed E-state index contributed by atoms with van der Waals surface area (Å²) in [6.45, 7) is 4.03. The van der Waals surface area contributed by atoms with E-state index in [0.717, 1.165) is 45.0 Å². The first kappa shape index (κ1) is 17.4. The second-order valence-corrected chi connectivity index (χ2v) is 7.05. The zero-order valence-electron chi connectivity index (χ0n) is 16.5. The molecule has 0 spiro atoms. The number of imidazole rings is 1. The van der Waals surface area contributed by atoms with Crippen LogP contribution in [0.3, 0.4) is 0 Å². The number of methoxy groups -OCH3 is 1.